The molecule has 1 amide bonds. The molecule has 1 atom stereocenters. The molecular weight excluding hydrogens is 330 g/mol. The van der Waals surface area contributed by atoms with Crippen LogP contribution in [0.25, 0.3) is 0 Å². The van der Waals surface area contributed by atoms with E-state index in [4.69, 9.17) is 0 Å². The Kier molecular flexibility index (Phi) is 4.10. The van der Waals surface area contributed by atoms with Crippen molar-refractivity contribution in [1.82, 2.24) is 14.9 Å². The maximum absolute atomic E-state index is 12.6. The number of imidazole rings is 1. The average molecular weight is 348 g/mol. The third kappa shape index (κ3) is 2.75. The maximum Gasteiger partial charge on any atom is 0.271 e. The third-order valence-corrected chi connectivity index (χ3v) is 4.47. The number of benzene rings is 1. The number of hydrogen-bond donors (Lipinski definition) is 1. The lowest BCUT2D eigenvalue weighted by molar-refractivity contribution is 0.0925. The van der Waals surface area contributed by atoms with E-state index in [-0.39, 0.29) is 11.9 Å². The fourth-order valence-electron chi connectivity index (χ4n) is 2.84. The smallest absolute Gasteiger partial charge is 0.271 e. The van der Waals surface area contributed by atoms with E-state index in [0.717, 1.165) is 37.2 Å². The normalized spacial score (nSPS) is 14.8. The van der Waals surface area contributed by atoms with Crippen LogP contribution < -0.4 is 5.32 Å². The van der Waals surface area contributed by atoms with Crippen LogP contribution in [-0.2, 0) is 13.0 Å². The second-order valence-electron chi connectivity index (χ2n) is 5.27. The molecule has 1 aliphatic rings. The van der Waals surface area contributed by atoms with Crippen LogP contribution in [0.2, 0.25) is 0 Å². The van der Waals surface area contributed by atoms with Crippen molar-refractivity contribution >= 4 is 21.8 Å². The van der Waals surface area contributed by atoms with Gasteiger partial charge >= 0.3 is 0 Å². The molecule has 0 saturated heterocycles. The fourth-order valence-corrected chi connectivity index (χ4v) is 3.44. The zero-order chi connectivity index (χ0) is 14.8. The van der Waals surface area contributed by atoms with Crippen molar-refractivity contribution in [3.8, 4) is 0 Å². The molecule has 2 heterocycles. The molecule has 1 N–H and O–H groups in total. The fraction of sp³-hybridized carbons (Fsp3) is 0.375. The third-order valence-electron chi connectivity index (χ3n) is 3.92. The highest BCUT2D eigenvalue weighted by molar-refractivity contribution is 9.10. The van der Waals surface area contributed by atoms with Crippen LogP contribution in [0.4, 0.5) is 0 Å². The van der Waals surface area contributed by atoms with Crippen LogP contribution in [0.3, 0.4) is 0 Å². The number of nitrogens with zero attached hydrogens (tertiary/aromatic N) is 2. The van der Waals surface area contributed by atoms with Crippen molar-refractivity contribution in [2.24, 2.45) is 0 Å². The zero-order valence-corrected chi connectivity index (χ0v) is 13.6. The molecule has 0 radical (unpaired) electrons. The quantitative estimate of drug-likeness (QED) is 0.920. The Morgan fingerprint density at radius 3 is 2.90 bits per heavy atom. The van der Waals surface area contributed by atoms with Gasteiger partial charge in [0.05, 0.1) is 6.04 Å². The molecule has 0 fully saturated rings. The highest BCUT2D eigenvalue weighted by Crippen LogP contribution is 2.25. The Morgan fingerprint density at radius 1 is 1.43 bits per heavy atom. The zero-order valence-electron chi connectivity index (χ0n) is 12.0. The highest BCUT2D eigenvalue weighted by atomic mass is 79.9. The standard InChI is InChI=1S/C16H18BrN3O/c1-2-12(11-7-4-3-5-8-11)18-16(21)14-15(17)19-13-9-6-10-20(13)14/h3-5,7-8,12H,2,6,9-10H2,1H3,(H,18,21)/t12-/m0/s1. The molecule has 110 valence electrons. The molecule has 5 heteroatoms. The number of carbonyl (C=O) groups excluding carboxylic acids is 1. The number of nitrogens with one attached hydrogen (secondary N) is 1. The Morgan fingerprint density at radius 2 is 2.19 bits per heavy atom. The second kappa shape index (κ2) is 6.02. The summed E-state index contributed by atoms with van der Waals surface area (Å²) in [4.78, 5) is 17.1. The summed E-state index contributed by atoms with van der Waals surface area (Å²) in [6.07, 6.45) is 2.86. The summed E-state index contributed by atoms with van der Waals surface area (Å²) in [6, 6.07) is 10.1. The van der Waals surface area contributed by atoms with Crippen LogP contribution in [0.5, 0.6) is 0 Å². The van der Waals surface area contributed by atoms with Gasteiger partial charge in [-0.05, 0) is 34.3 Å². The Labute approximate surface area is 132 Å². The monoisotopic (exact) mass is 347 g/mol. The number of carbonyl (C=O) groups is 1. The van der Waals surface area contributed by atoms with Crippen LogP contribution in [0.1, 0.15) is 47.7 Å². The van der Waals surface area contributed by atoms with Crippen LogP contribution >= 0.6 is 15.9 Å². The summed E-state index contributed by atoms with van der Waals surface area (Å²) < 4.78 is 2.68. The number of fused-ring (bicyclic) bond motifs is 1. The van der Waals surface area contributed by atoms with E-state index >= 15 is 0 Å². The summed E-state index contributed by atoms with van der Waals surface area (Å²) in [5.41, 5.74) is 1.78. The first-order valence-electron chi connectivity index (χ1n) is 7.31. The Balaban J connectivity index is 1.83. The van der Waals surface area contributed by atoms with Crippen LogP contribution in [0.15, 0.2) is 34.9 Å². The largest absolute Gasteiger partial charge is 0.344 e. The minimum Gasteiger partial charge on any atom is -0.344 e. The second-order valence-corrected chi connectivity index (χ2v) is 6.02. The topological polar surface area (TPSA) is 46.9 Å². The summed E-state index contributed by atoms with van der Waals surface area (Å²) in [5.74, 6) is 0.943. The van der Waals surface area contributed by atoms with E-state index in [2.05, 4.69) is 33.2 Å². The SMILES string of the molecule is CC[C@H](NC(=O)c1c(Br)nc2n1CCC2)c1ccccc1. The van der Waals surface area contributed by atoms with Gasteiger partial charge in [0.15, 0.2) is 0 Å². The molecule has 0 bridgehead atoms. The van der Waals surface area contributed by atoms with Crippen molar-refractivity contribution in [3.63, 3.8) is 0 Å². The number of hydrogen-bond acceptors (Lipinski definition) is 2. The van der Waals surface area contributed by atoms with Crippen LogP contribution in [-0.4, -0.2) is 15.5 Å². The maximum atomic E-state index is 12.6. The molecule has 0 spiro atoms. The molecule has 0 aliphatic carbocycles. The number of amides is 1. The first kappa shape index (κ1) is 14.3. The molecular formula is C16H18BrN3O. The van der Waals surface area contributed by atoms with Gasteiger partial charge in [0, 0.05) is 13.0 Å². The van der Waals surface area contributed by atoms with Crippen molar-refractivity contribution in [2.75, 3.05) is 0 Å². The van der Waals surface area contributed by atoms with Crippen LogP contribution in [0, 0.1) is 0 Å². The number of aromatic nitrogens is 2. The summed E-state index contributed by atoms with van der Waals surface area (Å²) in [5, 5.41) is 3.13. The lowest BCUT2D eigenvalue weighted by Crippen LogP contribution is -2.30. The van der Waals surface area contributed by atoms with Gasteiger partial charge in [-0.3, -0.25) is 4.79 Å². The molecule has 0 saturated carbocycles. The lowest BCUT2D eigenvalue weighted by atomic mass is 10.0. The minimum absolute atomic E-state index is 0.0261. The van der Waals surface area contributed by atoms with Crippen molar-refractivity contribution in [3.05, 3.63) is 52.0 Å². The van der Waals surface area contributed by atoms with E-state index in [0.29, 0.717) is 10.3 Å². The van der Waals surface area contributed by atoms with Gasteiger partial charge in [-0.1, -0.05) is 37.3 Å². The van der Waals surface area contributed by atoms with Gasteiger partial charge in [0.2, 0.25) is 0 Å². The lowest BCUT2D eigenvalue weighted by Gasteiger charge is -2.18. The van der Waals surface area contributed by atoms with Gasteiger partial charge in [0.25, 0.3) is 5.91 Å². The number of rotatable bonds is 4. The van der Waals surface area contributed by atoms with E-state index in [1.165, 1.54) is 0 Å². The highest BCUT2D eigenvalue weighted by Gasteiger charge is 2.26. The molecule has 2 aromatic rings. The van der Waals surface area contributed by atoms with Crippen molar-refractivity contribution in [2.45, 2.75) is 38.8 Å². The predicted octanol–water partition coefficient (Wildman–Crippen LogP) is 3.47. The van der Waals surface area contributed by atoms with Gasteiger partial charge in [0.1, 0.15) is 16.1 Å². The van der Waals surface area contributed by atoms with Gasteiger partial charge < -0.3 is 9.88 Å². The molecule has 1 aromatic carbocycles. The summed E-state index contributed by atoms with van der Waals surface area (Å²) >= 11 is 3.42. The molecule has 0 unspecified atom stereocenters. The van der Waals surface area contributed by atoms with Crippen molar-refractivity contribution < 1.29 is 4.79 Å². The molecule has 21 heavy (non-hydrogen) atoms. The van der Waals surface area contributed by atoms with Gasteiger partial charge in [-0.25, -0.2) is 4.98 Å². The molecule has 1 aromatic heterocycles. The summed E-state index contributed by atoms with van der Waals surface area (Å²) in [7, 11) is 0. The first-order chi connectivity index (χ1) is 10.2. The van der Waals surface area contributed by atoms with Gasteiger partial charge in [-0.15, -0.1) is 0 Å². The van der Waals surface area contributed by atoms with E-state index in [9.17, 15) is 4.79 Å². The predicted molar refractivity (Wildman–Crippen MR) is 85.2 cm³/mol. The van der Waals surface area contributed by atoms with E-state index in [1.54, 1.807) is 0 Å². The molecule has 3 rings (SSSR count). The Hall–Kier alpha value is -1.62. The number of aryl methyl sites for hydroxylation is 1. The summed E-state index contributed by atoms with van der Waals surface area (Å²) in [6.45, 7) is 2.95. The van der Waals surface area contributed by atoms with Gasteiger partial charge in [-0.2, -0.15) is 0 Å². The van der Waals surface area contributed by atoms with E-state index in [1.807, 2.05) is 34.9 Å². The number of halogens is 1. The molecule has 4 nitrogen and oxygen atoms in total. The molecule has 1 aliphatic heterocycles. The van der Waals surface area contributed by atoms with Crippen molar-refractivity contribution in [1.29, 1.82) is 0 Å². The first-order valence-corrected chi connectivity index (χ1v) is 8.10. The van der Waals surface area contributed by atoms with E-state index < -0.39 is 0 Å². The minimum atomic E-state index is -0.0572. The average Bonchev–Trinajstić information content (AvgIpc) is 3.05. The Bertz CT molecular complexity index is 651.